The van der Waals surface area contributed by atoms with Gasteiger partial charge in [-0.2, -0.15) is 0 Å². The molecule has 4 heterocycles. The predicted octanol–water partition coefficient (Wildman–Crippen LogP) is 4.83. The topological polar surface area (TPSA) is 65.4 Å². The second-order valence-electron chi connectivity index (χ2n) is 9.16. The Morgan fingerprint density at radius 1 is 1.19 bits per heavy atom. The Balaban J connectivity index is 1.48. The molecule has 166 valence electrons. The number of furan rings is 1. The number of nitrogens with zero attached hydrogens (tertiary/aromatic N) is 4. The van der Waals surface area contributed by atoms with Crippen LogP contribution in [0.15, 0.2) is 34.9 Å². The summed E-state index contributed by atoms with van der Waals surface area (Å²) in [6.07, 6.45) is 7.60. The van der Waals surface area contributed by atoms with E-state index in [4.69, 9.17) is 14.1 Å². The van der Waals surface area contributed by atoms with Gasteiger partial charge in [-0.3, -0.25) is 4.79 Å². The van der Waals surface area contributed by atoms with E-state index in [1.165, 1.54) is 19.3 Å². The van der Waals surface area contributed by atoms with Gasteiger partial charge in [0.05, 0.1) is 24.6 Å². The van der Waals surface area contributed by atoms with Crippen LogP contribution in [0.3, 0.4) is 0 Å². The summed E-state index contributed by atoms with van der Waals surface area (Å²) < 4.78 is 15.9. The van der Waals surface area contributed by atoms with Crippen LogP contribution in [0.2, 0.25) is 0 Å². The Morgan fingerprint density at radius 3 is 2.75 bits per heavy atom. The lowest BCUT2D eigenvalue weighted by molar-refractivity contribution is 0.0724. The number of amides is 1. The Bertz CT molecular complexity index is 1320. The number of benzene rings is 1. The number of hydrogen-bond acceptors (Lipinski definition) is 4. The first-order valence-electron chi connectivity index (χ1n) is 11.5. The fourth-order valence-electron chi connectivity index (χ4n) is 5.00. The number of carbonyl (C=O) groups excluding carboxylic acids is 1. The number of hydrogen-bond donors (Lipinski definition) is 0. The van der Waals surface area contributed by atoms with Crippen molar-refractivity contribution >= 4 is 28.0 Å². The van der Waals surface area contributed by atoms with E-state index in [1.807, 2.05) is 30.1 Å². The van der Waals surface area contributed by atoms with E-state index in [0.29, 0.717) is 17.2 Å². The molecule has 0 atom stereocenters. The van der Waals surface area contributed by atoms with Gasteiger partial charge in [0.25, 0.3) is 5.91 Å². The van der Waals surface area contributed by atoms with Crippen LogP contribution in [0.25, 0.3) is 33.7 Å². The van der Waals surface area contributed by atoms with Crippen molar-refractivity contribution in [2.45, 2.75) is 38.6 Å². The first-order valence-corrected chi connectivity index (χ1v) is 11.5. The summed E-state index contributed by atoms with van der Waals surface area (Å²) in [6, 6.07) is 7.92. The lowest BCUT2D eigenvalue weighted by atomic mass is 10.1. The number of rotatable bonds is 5. The fraction of sp³-hybridized carbons (Fsp3) is 0.440. The molecule has 0 spiro atoms. The van der Waals surface area contributed by atoms with Crippen molar-refractivity contribution in [3.8, 4) is 17.3 Å². The van der Waals surface area contributed by atoms with Gasteiger partial charge >= 0.3 is 0 Å². The zero-order valence-electron chi connectivity index (χ0n) is 18.6. The minimum absolute atomic E-state index is 0.0618. The number of piperidine rings is 1. The molecular formula is C25H28N4O3. The smallest absolute Gasteiger partial charge is 0.254 e. The molecule has 1 aliphatic heterocycles. The molecule has 1 saturated carbocycles. The number of aryl methyl sites for hydroxylation is 1. The maximum absolute atomic E-state index is 13.2. The van der Waals surface area contributed by atoms with E-state index >= 15 is 0 Å². The molecule has 1 aromatic carbocycles. The van der Waals surface area contributed by atoms with Crippen LogP contribution in [0, 0.1) is 5.92 Å². The summed E-state index contributed by atoms with van der Waals surface area (Å²) in [6.45, 7) is 2.58. The van der Waals surface area contributed by atoms with Gasteiger partial charge in [-0.05, 0) is 62.3 Å². The van der Waals surface area contributed by atoms with Crippen LogP contribution in [-0.4, -0.2) is 45.1 Å². The molecule has 2 aliphatic rings. The first-order chi connectivity index (χ1) is 15.6. The van der Waals surface area contributed by atoms with Crippen molar-refractivity contribution in [2.75, 3.05) is 20.2 Å². The summed E-state index contributed by atoms with van der Waals surface area (Å²) in [5, 5.41) is 1.08. The molecule has 1 aliphatic carbocycles. The van der Waals surface area contributed by atoms with E-state index in [1.54, 1.807) is 13.4 Å². The second-order valence-corrected chi connectivity index (χ2v) is 9.16. The molecule has 7 nitrogen and oxygen atoms in total. The lowest BCUT2D eigenvalue weighted by Crippen LogP contribution is -2.35. The van der Waals surface area contributed by atoms with Crippen molar-refractivity contribution in [1.82, 2.24) is 19.0 Å². The van der Waals surface area contributed by atoms with Gasteiger partial charge in [0.15, 0.2) is 5.82 Å². The second kappa shape index (κ2) is 7.43. The molecule has 0 N–H and O–H groups in total. The molecule has 7 heteroatoms. The van der Waals surface area contributed by atoms with Gasteiger partial charge in [0.1, 0.15) is 11.3 Å². The van der Waals surface area contributed by atoms with Crippen molar-refractivity contribution < 1.29 is 13.9 Å². The van der Waals surface area contributed by atoms with Crippen molar-refractivity contribution in [2.24, 2.45) is 13.0 Å². The van der Waals surface area contributed by atoms with E-state index in [9.17, 15) is 4.79 Å². The van der Waals surface area contributed by atoms with Crippen LogP contribution < -0.4 is 4.74 Å². The SMILES string of the molecule is COc1cc(C(=O)N2CCCCC2)cc2nc(-c3cc4ccoc4n3CC3CC3)n(C)c12. The average Bonchev–Trinajstić information content (AvgIpc) is 3.27. The lowest BCUT2D eigenvalue weighted by Gasteiger charge is -2.26. The summed E-state index contributed by atoms with van der Waals surface area (Å²) in [5.74, 6) is 2.29. The molecule has 1 saturated heterocycles. The molecule has 6 rings (SSSR count). The van der Waals surface area contributed by atoms with E-state index < -0.39 is 0 Å². The van der Waals surface area contributed by atoms with Crippen LogP contribution >= 0.6 is 0 Å². The van der Waals surface area contributed by atoms with Gasteiger partial charge in [0.2, 0.25) is 5.71 Å². The summed E-state index contributed by atoms with van der Waals surface area (Å²) in [7, 11) is 3.66. The number of fused-ring (bicyclic) bond motifs is 2. The molecule has 3 aromatic heterocycles. The highest BCUT2D eigenvalue weighted by atomic mass is 16.5. The number of methoxy groups -OCH3 is 1. The fourth-order valence-corrected chi connectivity index (χ4v) is 5.00. The minimum Gasteiger partial charge on any atom is -0.494 e. The zero-order chi connectivity index (χ0) is 21.8. The molecule has 0 bridgehead atoms. The summed E-state index contributed by atoms with van der Waals surface area (Å²) in [5.41, 5.74) is 4.25. The normalized spacial score (nSPS) is 16.9. The van der Waals surface area contributed by atoms with Gasteiger partial charge < -0.3 is 23.2 Å². The van der Waals surface area contributed by atoms with Crippen LogP contribution in [0.1, 0.15) is 42.5 Å². The number of likely N-dealkylation sites (tertiary alicyclic amines) is 1. The van der Waals surface area contributed by atoms with Crippen LogP contribution in [0.4, 0.5) is 0 Å². The first kappa shape index (κ1) is 19.5. The van der Waals surface area contributed by atoms with Crippen molar-refractivity contribution in [3.63, 3.8) is 0 Å². The Kier molecular flexibility index (Phi) is 4.52. The average molecular weight is 433 g/mol. The standard InChI is InChI=1S/C25H28N4O3/c1-27-22-19(12-18(14-21(22)31-2)24(30)28-9-4-3-5-10-28)26-23(27)20-13-17-8-11-32-25(17)29(20)15-16-6-7-16/h8,11-14,16H,3-7,9-10,15H2,1-2H3. The van der Waals surface area contributed by atoms with Crippen molar-refractivity contribution in [1.29, 1.82) is 0 Å². The number of aromatic nitrogens is 3. The van der Waals surface area contributed by atoms with Gasteiger partial charge in [-0.15, -0.1) is 0 Å². The van der Waals surface area contributed by atoms with Gasteiger partial charge in [-0.25, -0.2) is 4.98 Å². The highest BCUT2D eigenvalue weighted by molar-refractivity contribution is 6.00. The highest BCUT2D eigenvalue weighted by Gasteiger charge is 2.27. The van der Waals surface area contributed by atoms with E-state index in [-0.39, 0.29) is 5.91 Å². The zero-order valence-corrected chi connectivity index (χ0v) is 18.6. The van der Waals surface area contributed by atoms with Gasteiger partial charge in [0, 0.05) is 37.6 Å². The summed E-state index contributed by atoms with van der Waals surface area (Å²) in [4.78, 5) is 20.1. The van der Waals surface area contributed by atoms with E-state index in [2.05, 4.69) is 15.2 Å². The molecule has 0 radical (unpaired) electrons. The quantitative estimate of drug-likeness (QED) is 0.453. The van der Waals surface area contributed by atoms with E-state index in [0.717, 1.165) is 66.1 Å². The van der Waals surface area contributed by atoms with Crippen LogP contribution in [-0.2, 0) is 13.6 Å². The van der Waals surface area contributed by atoms with Gasteiger partial charge in [-0.1, -0.05) is 0 Å². The largest absolute Gasteiger partial charge is 0.494 e. The third kappa shape index (κ3) is 3.10. The summed E-state index contributed by atoms with van der Waals surface area (Å²) >= 11 is 0. The maximum atomic E-state index is 13.2. The third-order valence-electron chi connectivity index (χ3n) is 6.91. The highest BCUT2D eigenvalue weighted by Crippen LogP contribution is 2.38. The number of ether oxygens (including phenoxy) is 1. The van der Waals surface area contributed by atoms with Crippen molar-refractivity contribution in [3.05, 3.63) is 36.1 Å². The Hall–Kier alpha value is -3.22. The Morgan fingerprint density at radius 2 is 2.00 bits per heavy atom. The molecule has 0 unspecified atom stereocenters. The Labute approximate surface area is 186 Å². The molecular weight excluding hydrogens is 404 g/mol. The number of imidazole rings is 1. The maximum Gasteiger partial charge on any atom is 0.254 e. The predicted molar refractivity (Wildman–Crippen MR) is 123 cm³/mol. The third-order valence-corrected chi connectivity index (χ3v) is 6.91. The monoisotopic (exact) mass is 432 g/mol. The number of carbonyl (C=O) groups is 1. The molecule has 4 aromatic rings. The van der Waals surface area contributed by atoms with Crippen LogP contribution in [0.5, 0.6) is 5.75 Å². The molecule has 32 heavy (non-hydrogen) atoms. The molecule has 1 amide bonds. The molecule has 2 fully saturated rings. The minimum atomic E-state index is 0.0618.